The molecule has 0 aliphatic heterocycles. The second-order valence-corrected chi connectivity index (χ2v) is 5.85. The molecule has 1 aromatic carbocycles. The third kappa shape index (κ3) is 5.21. The number of nitrogens with one attached hydrogen (secondary N) is 2. The molecule has 1 fully saturated rings. The van der Waals surface area contributed by atoms with E-state index in [-0.39, 0.29) is 12.1 Å². The molecule has 0 saturated heterocycles. The summed E-state index contributed by atoms with van der Waals surface area (Å²) < 4.78 is 0. The van der Waals surface area contributed by atoms with Gasteiger partial charge < -0.3 is 10.6 Å². The average Bonchev–Trinajstić information content (AvgIpc) is 2.99. The minimum absolute atomic E-state index is 0.00738. The molecular formula is C17H24N2O2. The van der Waals surface area contributed by atoms with E-state index in [0.29, 0.717) is 0 Å². The standard InChI is InChI=1S/C17H24N2O2/c1-13(11-12-14-7-3-2-4-8-14)18-16(20)17(21)19-15-9-5-6-10-15/h2-4,7-8,13,15H,5-6,9-12H2,1H3,(H,18,20)(H,19,21)/t13-/m1/s1. The number of rotatable bonds is 5. The van der Waals surface area contributed by atoms with Gasteiger partial charge in [-0.1, -0.05) is 43.2 Å². The van der Waals surface area contributed by atoms with Gasteiger partial charge in [-0.3, -0.25) is 9.59 Å². The van der Waals surface area contributed by atoms with E-state index < -0.39 is 11.8 Å². The third-order valence-corrected chi connectivity index (χ3v) is 3.98. The van der Waals surface area contributed by atoms with Crippen molar-refractivity contribution in [1.29, 1.82) is 0 Å². The summed E-state index contributed by atoms with van der Waals surface area (Å²) in [7, 11) is 0. The van der Waals surface area contributed by atoms with Gasteiger partial charge in [0.15, 0.2) is 0 Å². The first-order valence-corrected chi connectivity index (χ1v) is 7.80. The number of hydrogen-bond acceptors (Lipinski definition) is 2. The predicted octanol–water partition coefficient (Wildman–Crippen LogP) is 2.18. The van der Waals surface area contributed by atoms with E-state index in [4.69, 9.17) is 0 Å². The van der Waals surface area contributed by atoms with Crippen LogP contribution in [0.3, 0.4) is 0 Å². The van der Waals surface area contributed by atoms with E-state index in [2.05, 4.69) is 22.8 Å². The van der Waals surface area contributed by atoms with Crippen molar-refractivity contribution in [2.75, 3.05) is 0 Å². The van der Waals surface area contributed by atoms with E-state index in [1.807, 2.05) is 25.1 Å². The highest BCUT2D eigenvalue weighted by atomic mass is 16.2. The fourth-order valence-electron chi connectivity index (χ4n) is 2.71. The van der Waals surface area contributed by atoms with Crippen molar-refractivity contribution in [2.45, 2.75) is 57.5 Å². The van der Waals surface area contributed by atoms with Crippen LogP contribution in [0, 0.1) is 0 Å². The Kier molecular flexibility index (Phi) is 5.78. The van der Waals surface area contributed by atoms with Crippen LogP contribution in [-0.4, -0.2) is 23.9 Å². The van der Waals surface area contributed by atoms with E-state index in [1.54, 1.807) is 0 Å². The molecule has 2 amide bonds. The highest BCUT2D eigenvalue weighted by Crippen LogP contribution is 2.17. The minimum atomic E-state index is -0.512. The summed E-state index contributed by atoms with van der Waals surface area (Å²) in [6, 6.07) is 10.3. The zero-order valence-electron chi connectivity index (χ0n) is 12.6. The molecule has 0 radical (unpaired) electrons. The quantitative estimate of drug-likeness (QED) is 0.816. The molecule has 114 valence electrons. The molecule has 1 aliphatic rings. The van der Waals surface area contributed by atoms with Crippen molar-refractivity contribution in [1.82, 2.24) is 10.6 Å². The molecule has 1 saturated carbocycles. The molecule has 2 rings (SSSR count). The maximum absolute atomic E-state index is 11.8. The second-order valence-electron chi connectivity index (χ2n) is 5.85. The number of benzene rings is 1. The van der Waals surface area contributed by atoms with Gasteiger partial charge in [-0.2, -0.15) is 0 Å². The predicted molar refractivity (Wildman–Crippen MR) is 82.8 cm³/mol. The van der Waals surface area contributed by atoms with Gasteiger partial charge in [0.1, 0.15) is 0 Å². The lowest BCUT2D eigenvalue weighted by Crippen LogP contribution is -2.46. The Balaban J connectivity index is 1.69. The molecule has 0 bridgehead atoms. The molecule has 4 nitrogen and oxygen atoms in total. The van der Waals surface area contributed by atoms with E-state index in [1.165, 1.54) is 5.56 Å². The van der Waals surface area contributed by atoms with E-state index in [0.717, 1.165) is 38.5 Å². The first-order chi connectivity index (χ1) is 10.1. The SMILES string of the molecule is C[C@H](CCc1ccccc1)NC(=O)C(=O)NC1CCCC1. The molecule has 0 unspecified atom stereocenters. The molecule has 0 heterocycles. The number of carbonyl (C=O) groups excluding carboxylic acids is 2. The number of hydrogen-bond donors (Lipinski definition) is 2. The monoisotopic (exact) mass is 288 g/mol. The summed E-state index contributed by atoms with van der Waals surface area (Å²) >= 11 is 0. The molecular weight excluding hydrogens is 264 g/mol. The highest BCUT2D eigenvalue weighted by molar-refractivity contribution is 6.35. The van der Waals surface area contributed by atoms with Crippen LogP contribution in [-0.2, 0) is 16.0 Å². The van der Waals surface area contributed by atoms with Crippen LogP contribution < -0.4 is 10.6 Å². The Bertz CT molecular complexity index is 467. The Hall–Kier alpha value is -1.84. The maximum Gasteiger partial charge on any atom is 0.309 e. The highest BCUT2D eigenvalue weighted by Gasteiger charge is 2.22. The smallest absolute Gasteiger partial charge is 0.309 e. The van der Waals surface area contributed by atoms with Crippen LogP contribution in [0.4, 0.5) is 0 Å². The van der Waals surface area contributed by atoms with Gasteiger partial charge in [0.05, 0.1) is 0 Å². The van der Waals surface area contributed by atoms with Crippen molar-refractivity contribution < 1.29 is 9.59 Å². The third-order valence-electron chi connectivity index (χ3n) is 3.98. The first-order valence-electron chi connectivity index (χ1n) is 7.80. The van der Waals surface area contributed by atoms with E-state index >= 15 is 0 Å². The summed E-state index contributed by atoms with van der Waals surface area (Å²) in [6.07, 6.45) is 5.98. The first kappa shape index (κ1) is 15.5. The van der Waals surface area contributed by atoms with Crippen LogP contribution in [0.1, 0.15) is 44.6 Å². The average molecular weight is 288 g/mol. The summed E-state index contributed by atoms with van der Waals surface area (Å²) in [4.78, 5) is 23.6. The van der Waals surface area contributed by atoms with Gasteiger partial charge in [-0.05, 0) is 38.2 Å². The van der Waals surface area contributed by atoms with Crippen LogP contribution in [0.5, 0.6) is 0 Å². The summed E-state index contributed by atoms with van der Waals surface area (Å²) in [6.45, 7) is 1.93. The maximum atomic E-state index is 11.8. The number of amides is 2. The van der Waals surface area contributed by atoms with Crippen LogP contribution in [0.15, 0.2) is 30.3 Å². The van der Waals surface area contributed by atoms with Crippen molar-refractivity contribution >= 4 is 11.8 Å². The molecule has 0 aromatic heterocycles. The van der Waals surface area contributed by atoms with Crippen LogP contribution >= 0.6 is 0 Å². The Labute approximate surface area is 126 Å². The van der Waals surface area contributed by atoms with Gasteiger partial charge in [0.2, 0.25) is 0 Å². The lowest BCUT2D eigenvalue weighted by molar-refractivity contribution is -0.140. The topological polar surface area (TPSA) is 58.2 Å². The summed E-state index contributed by atoms with van der Waals surface area (Å²) in [5, 5.41) is 5.58. The molecule has 4 heteroatoms. The summed E-state index contributed by atoms with van der Waals surface area (Å²) in [5.41, 5.74) is 1.24. The van der Waals surface area contributed by atoms with Gasteiger partial charge in [-0.25, -0.2) is 0 Å². The van der Waals surface area contributed by atoms with Crippen LogP contribution in [0.25, 0.3) is 0 Å². The Morgan fingerprint density at radius 3 is 2.48 bits per heavy atom. The summed E-state index contributed by atoms with van der Waals surface area (Å²) in [5.74, 6) is -1.00. The molecule has 1 aliphatic carbocycles. The fraction of sp³-hybridized carbons (Fsp3) is 0.529. The van der Waals surface area contributed by atoms with Crippen molar-refractivity contribution in [3.8, 4) is 0 Å². The largest absolute Gasteiger partial charge is 0.345 e. The molecule has 0 spiro atoms. The number of carbonyl (C=O) groups is 2. The van der Waals surface area contributed by atoms with Gasteiger partial charge in [0, 0.05) is 12.1 Å². The second kappa shape index (κ2) is 7.81. The van der Waals surface area contributed by atoms with Gasteiger partial charge in [0.25, 0.3) is 0 Å². The Morgan fingerprint density at radius 1 is 1.14 bits per heavy atom. The number of aryl methyl sites for hydroxylation is 1. The lowest BCUT2D eigenvalue weighted by Gasteiger charge is -2.15. The van der Waals surface area contributed by atoms with Gasteiger partial charge >= 0.3 is 11.8 Å². The van der Waals surface area contributed by atoms with Crippen LogP contribution in [0.2, 0.25) is 0 Å². The van der Waals surface area contributed by atoms with E-state index in [9.17, 15) is 9.59 Å². The van der Waals surface area contributed by atoms with Gasteiger partial charge in [-0.15, -0.1) is 0 Å². The Morgan fingerprint density at radius 2 is 1.81 bits per heavy atom. The fourth-order valence-corrected chi connectivity index (χ4v) is 2.71. The molecule has 1 atom stereocenters. The minimum Gasteiger partial charge on any atom is -0.345 e. The normalized spacial score (nSPS) is 16.4. The molecule has 1 aromatic rings. The molecule has 2 N–H and O–H groups in total. The lowest BCUT2D eigenvalue weighted by atomic mass is 10.1. The van der Waals surface area contributed by atoms with Crippen molar-refractivity contribution in [3.05, 3.63) is 35.9 Å². The zero-order valence-corrected chi connectivity index (χ0v) is 12.6. The van der Waals surface area contributed by atoms with Crippen molar-refractivity contribution in [3.63, 3.8) is 0 Å². The molecule has 21 heavy (non-hydrogen) atoms. The van der Waals surface area contributed by atoms with Crippen molar-refractivity contribution in [2.24, 2.45) is 0 Å². The zero-order chi connectivity index (χ0) is 15.1.